The second kappa shape index (κ2) is 8.25. The Morgan fingerprint density at radius 2 is 2.16 bits per heavy atom. The van der Waals surface area contributed by atoms with Crippen molar-refractivity contribution in [3.8, 4) is 6.07 Å². The van der Waals surface area contributed by atoms with Gasteiger partial charge in [-0.25, -0.2) is 0 Å². The number of nitrogens with zero attached hydrogens (tertiary/aromatic N) is 1. The van der Waals surface area contributed by atoms with Crippen LogP contribution in [0.25, 0.3) is 0 Å². The van der Waals surface area contributed by atoms with Crippen LogP contribution in [-0.2, 0) is 9.53 Å². The molecular weight excluding hydrogens is 244 g/mol. The molecule has 5 nitrogen and oxygen atoms in total. The normalized spacial score (nSPS) is 13.3. The molecule has 2 N–H and O–H groups in total. The van der Waals surface area contributed by atoms with E-state index in [4.69, 9.17) is 15.1 Å². The maximum Gasteiger partial charge on any atom is 0.242 e. The van der Waals surface area contributed by atoms with Crippen molar-refractivity contribution in [2.75, 3.05) is 20.3 Å². The molecule has 0 aliphatic heterocycles. The molecule has 1 rings (SSSR count). The highest BCUT2D eigenvalue weighted by atomic mass is 16.5. The maximum absolute atomic E-state index is 12.1. The monoisotopic (exact) mass is 262 g/mol. The topological polar surface area (TPSA) is 82.3 Å². The lowest BCUT2D eigenvalue weighted by atomic mass is 9.99. The Hall–Kier alpha value is -1.90. The number of nitriles is 1. The number of aliphatic hydroxyl groups is 1. The zero-order valence-electron chi connectivity index (χ0n) is 10.9. The van der Waals surface area contributed by atoms with Crippen LogP contribution in [0.3, 0.4) is 0 Å². The third-order valence-corrected chi connectivity index (χ3v) is 2.72. The van der Waals surface area contributed by atoms with Gasteiger partial charge in [0.15, 0.2) is 0 Å². The van der Waals surface area contributed by atoms with Crippen molar-refractivity contribution in [1.82, 2.24) is 5.32 Å². The third kappa shape index (κ3) is 4.70. The number of nitrogens with one attached hydrogen (secondary N) is 1. The average Bonchev–Trinajstić information content (AvgIpc) is 2.41. The summed E-state index contributed by atoms with van der Waals surface area (Å²) in [6.45, 7) is 0.260. The van der Waals surface area contributed by atoms with Crippen molar-refractivity contribution >= 4 is 5.91 Å². The minimum Gasteiger partial charge on any atom is -0.396 e. The van der Waals surface area contributed by atoms with Crippen molar-refractivity contribution in [3.63, 3.8) is 0 Å². The predicted molar refractivity (Wildman–Crippen MR) is 70.3 cm³/mol. The largest absolute Gasteiger partial charge is 0.396 e. The molecule has 2 atom stereocenters. The van der Waals surface area contributed by atoms with Crippen LogP contribution in [0, 0.1) is 11.3 Å². The van der Waals surface area contributed by atoms with Crippen LogP contribution in [0.1, 0.15) is 17.9 Å². The Labute approximate surface area is 112 Å². The number of hydrogen-bond acceptors (Lipinski definition) is 4. The Morgan fingerprint density at radius 1 is 1.47 bits per heavy atom. The fourth-order valence-corrected chi connectivity index (χ4v) is 1.77. The SMILES string of the molecule is COCC(CCO)NC(=O)C(C#N)c1ccccc1. The van der Waals surface area contributed by atoms with Crippen LogP contribution in [-0.4, -0.2) is 37.4 Å². The van der Waals surface area contributed by atoms with E-state index in [2.05, 4.69) is 5.32 Å². The van der Waals surface area contributed by atoms with E-state index in [-0.39, 0.29) is 18.6 Å². The Balaban J connectivity index is 2.71. The van der Waals surface area contributed by atoms with E-state index in [1.807, 2.05) is 12.1 Å². The number of aliphatic hydroxyl groups excluding tert-OH is 1. The first kappa shape index (κ1) is 15.2. The van der Waals surface area contributed by atoms with Gasteiger partial charge in [-0.2, -0.15) is 5.26 Å². The summed E-state index contributed by atoms with van der Waals surface area (Å²) in [6, 6.07) is 10.6. The minimum atomic E-state index is -0.848. The second-order valence-corrected chi connectivity index (χ2v) is 4.15. The molecule has 0 aromatic heterocycles. The van der Waals surface area contributed by atoms with Crippen molar-refractivity contribution in [1.29, 1.82) is 5.26 Å². The molecule has 0 bridgehead atoms. The highest BCUT2D eigenvalue weighted by Gasteiger charge is 2.22. The first-order valence-electron chi connectivity index (χ1n) is 6.07. The number of benzene rings is 1. The Kier molecular flexibility index (Phi) is 6.58. The van der Waals surface area contributed by atoms with Crippen LogP contribution < -0.4 is 5.32 Å². The summed E-state index contributed by atoms with van der Waals surface area (Å²) in [6.07, 6.45) is 0.395. The molecule has 0 spiro atoms. The number of methoxy groups -OCH3 is 1. The summed E-state index contributed by atoms with van der Waals surface area (Å²) in [5, 5.41) is 20.8. The van der Waals surface area contributed by atoms with E-state index in [0.29, 0.717) is 18.6 Å². The van der Waals surface area contributed by atoms with Crippen LogP contribution in [0.4, 0.5) is 0 Å². The van der Waals surface area contributed by atoms with Crippen molar-refractivity contribution in [2.24, 2.45) is 0 Å². The fraction of sp³-hybridized carbons (Fsp3) is 0.429. The molecule has 5 heteroatoms. The first-order chi connectivity index (χ1) is 9.22. The number of ether oxygens (including phenoxy) is 1. The molecule has 0 aliphatic carbocycles. The van der Waals surface area contributed by atoms with Gasteiger partial charge < -0.3 is 15.2 Å². The van der Waals surface area contributed by atoms with Crippen LogP contribution in [0.5, 0.6) is 0 Å². The highest BCUT2D eigenvalue weighted by Crippen LogP contribution is 2.15. The summed E-state index contributed by atoms with van der Waals surface area (Å²) < 4.78 is 4.97. The molecule has 1 aromatic carbocycles. The minimum absolute atomic E-state index is 0.0448. The Morgan fingerprint density at radius 3 is 2.68 bits per heavy atom. The van der Waals surface area contributed by atoms with Crippen LogP contribution >= 0.6 is 0 Å². The first-order valence-corrected chi connectivity index (χ1v) is 6.07. The van der Waals surface area contributed by atoms with Gasteiger partial charge in [-0.3, -0.25) is 4.79 Å². The van der Waals surface area contributed by atoms with Crippen molar-refractivity contribution < 1.29 is 14.6 Å². The third-order valence-electron chi connectivity index (χ3n) is 2.72. The van der Waals surface area contributed by atoms with E-state index in [0.717, 1.165) is 0 Å². The molecule has 0 saturated carbocycles. The zero-order valence-corrected chi connectivity index (χ0v) is 10.9. The fourth-order valence-electron chi connectivity index (χ4n) is 1.77. The van der Waals surface area contributed by atoms with E-state index in [1.54, 1.807) is 24.3 Å². The van der Waals surface area contributed by atoms with Crippen molar-refractivity contribution in [2.45, 2.75) is 18.4 Å². The van der Waals surface area contributed by atoms with E-state index in [1.165, 1.54) is 7.11 Å². The smallest absolute Gasteiger partial charge is 0.242 e. The summed E-state index contributed by atoms with van der Waals surface area (Å²) in [5.41, 5.74) is 0.655. The molecular formula is C14H18N2O3. The molecule has 2 unspecified atom stereocenters. The van der Waals surface area contributed by atoms with Crippen molar-refractivity contribution in [3.05, 3.63) is 35.9 Å². The van der Waals surface area contributed by atoms with Gasteiger partial charge in [-0.1, -0.05) is 30.3 Å². The second-order valence-electron chi connectivity index (χ2n) is 4.15. The molecule has 1 amide bonds. The standard InChI is InChI=1S/C14H18N2O3/c1-19-10-12(7-8-17)16-14(18)13(9-15)11-5-3-2-4-6-11/h2-6,12-13,17H,7-8,10H2,1H3,(H,16,18). The molecule has 102 valence electrons. The summed E-state index contributed by atoms with van der Waals surface area (Å²) >= 11 is 0. The van der Waals surface area contributed by atoms with E-state index in [9.17, 15) is 4.79 Å². The van der Waals surface area contributed by atoms with Gasteiger partial charge in [0, 0.05) is 13.7 Å². The molecule has 0 radical (unpaired) electrons. The lowest BCUT2D eigenvalue weighted by Crippen LogP contribution is -2.41. The van der Waals surface area contributed by atoms with Gasteiger partial charge in [0.25, 0.3) is 0 Å². The zero-order chi connectivity index (χ0) is 14.1. The molecule has 0 fully saturated rings. The highest BCUT2D eigenvalue weighted by molar-refractivity contribution is 5.86. The van der Waals surface area contributed by atoms with Gasteiger partial charge in [0.05, 0.1) is 18.7 Å². The van der Waals surface area contributed by atoms with Gasteiger partial charge in [0.2, 0.25) is 5.91 Å². The predicted octanol–water partition coefficient (Wildman–Crippen LogP) is 0.807. The number of carbonyl (C=O) groups excluding carboxylic acids is 1. The average molecular weight is 262 g/mol. The van der Waals surface area contributed by atoms with Crippen LogP contribution in [0.15, 0.2) is 30.3 Å². The van der Waals surface area contributed by atoms with Gasteiger partial charge in [0.1, 0.15) is 5.92 Å². The van der Waals surface area contributed by atoms with E-state index < -0.39 is 5.92 Å². The van der Waals surface area contributed by atoms with E-state index >= 15 is 0 Å². The number of rotatable bonds is 7. The maximum atomic E-state index is 12.1. The molecule has 0 heterocycles. The lowest BCUT2D eigenvalue weighted by Gasteiger charge is -2.18. The molecule has 19 heavy (non-hydrogen) atoms. The molecule has 1 aromatic rings. The summed E-state index contributed by atoms with van der Waals surface area (Å²) in [5.74, 6) is -1.22. The van der Waals surface area contributed by atoms with Gasteiger partial charge in [-0.05, 0) is 12.0 Å². The van der Waals surface area contributed by atoms with Gasteiger partial charge >= 0.3 is 0 Å². The van der Waals surface area contributed by atoms with Gasteiger partial charge in [-0.15, -0.1) is 0 Å². The number of carbonyl (C=O) groups is 1. The number of amides is 1. The summed E-state index contributed by atoms with van der Waals surface area (Å²) in [4.78, 5) is 12.1. The molecule has 0 saturated heterocycles. The molecule has 0 aliphatic rings. The quantitative estimate of drug-likeness (QED) is 0.761. The van der Waals surface area contributed by atoms with Crippen LogP contribution in [0.2, 0.25) is 0 Å². The lowest BCUT2D eigenvalue weighted by molar-refractivity contribution is -0.122. The Bertz CT molecular complexity index is 422. The summed E-state index contributed by atoms with van der Waals surface area (Å²) in [7, 11) is 1.52. The number of hydrogen-bond donors (Lipinski definition) is 2.